The fraction of sp³-hybridized carbons (Fsp3) is 0.273. The molecule has 0 aliphatic heterocycles. The summed E-state index contributed by atoms with van der Waals surface area (Å²) in [6.45, 7) is 3.68. The molecule has 0 saturated carbocycles. The largest absolute Gasteiger partial charge is 0.497 e. The fourth-order valence-corrected chi connectivity index (χ4v) is 1.06. The van der Waals surface area contributed by atoms with Crippen molar-refractivity contribution in [2.75, 3.05) is 7.11 Å². The van der Waals surface area contributed by atoms with Crippen LogP contribution in [0, 0.1) is 0 Å². The van der Waals surface area contributed by atoms with Gasteiger partial charge in [0.2, 0.25) is 0 Å². The second-order valence-electron chi connectivity index (χ2n) is 2.68. The first-order valence-electron chi connectivity index (χ1n) is 4.10. The first kappa shape index (κ1) is 8.85. The van der Waals surface area contributed by atoms with Crippen LogP contribution in [0.2, 0.25) is 0 Å². The summed E-state index contributed by atoms with van der Waals surface area (Å²) in [6.07, 6.45) is 4.03. The predicted molar refractivity (Wildman–Crippen MR) is 51.5 cm³/mol. The Morgan fingerprint density at radius 1 is 1.33 bits per heavy atom. The van der Waals surface area contributed by atoms with Crippen molar-refractivity contribution in [1.82, 2.24) is 0 Å². The fourth-order valence-electron chi connectivity index (χ4n) is 1.06. The van der Waals surface area contributed by atoms with Crippen LogP contribution in [0.15, 0.2) is 36.9 Å². The molecule has 0 spiro atoms. The van der Waals surface area contributed by atoms with Crippen molar-refractivity contribution in [2.24, 2.45) is 0 Å². The van der Waals surface area contributed by atoms with Crippen molar-refractivity contribution in [3.8, 4) is 5.75 Å². The summed E-state index contributed by atoms with van der Waals surface area (Å²) in [5.74, 6) is 0.914. The molecule has 0 bridgehead atoms. The van der Waals surface area contributed by atoms with Crippen LogP contribution in [0.25, 0.3) is 0 Å². The summed E-state index contributed by atoms with van der Waals surface area (Å²) >= 11 is 0. The van der Waals surface area contributed by atoms with E-state index in [1.165, 1.54) is 5.56 Å². The molecule has 12 heavy (non-hydrogen) atoms. The maximum absolute atomic E-state index is 5.05. The Morgan fingerprint density at radius 2 is 2.00 bits per heavy atom. The first-order chi connectivity index (χ1) is 5.86. The lowest BCUT2D eigenvalue weighted by Crippen LogP contribution is -1.85. The molecule has 64 valence electrons. The van der Waals surface area contributed by atoms with Crippen LogP contribution in [0.5, 0.6) is 5.75 Å². The van der Waals surface area contributed by atoms with Gasteiger partial charge in [-0.1, -0.05) is 18.2 Å². The van der Waals surface area contributed by atoms with E-state index in [1.54, 1.807) is 7.11 Å². The Kier molecular flexibility index (Phi) is 3.39. The van der Waals surface area contributed by atoms with E-state index < -0.39 is 0 Å². The molecular weight excluding hydrogens is 148 g/mol. The van der Waals surface area contributed by atoms with E-state index in [0.717, 1.165) is 18.6 Å². The van der Waals surface area contributed by atoms with Gasteiger partial charge in [-0.25, -0.2) is 0 Å². The van der Waals surface area contributed by atoms with E-state index in [4.69, 9.17) is 4.74 Å². The van der Waals surface area contributed by atoms with Crippen LogP contribution in [0.4, 0.5) is 0 Å². The van der Waals surface area contributed by atoms with Gasteiger partial charge in [0.15, 0.2) is 0 Å². The Balaban J connectivity index is 2.58. The molecule has 0 aliphatic carbocycles. The second kappa shape index (κ2) is 4.60. The molecule has 0 fully saturated rings. The van der Waals surface area contributed by atoms with Crippen molar-refractivity contribution in [1.29, 1.82) is 0 Å². The third-order valence-corrected chi connectivity index (χ3v) is 1.80. The van der Waals surface area contributed by atoms with E-state index in [2.05, 4.69) is 18.7 Å². The number of hydrogen-bond donors (Lipinski definition) is 0. The quantitative estimate of drug-likeness (QED) is 0.618. The number of aryl methyl sites for hydroxylation is 1. The van der Waals surface area contributed by atoms with Crippen molar-refractivity contribution in [2.45, 2.75) is 12.8 Å². The predicted octanol–water partition coefficient (Wildman–Crippen LogP) is 2.81. The molecule has 0 aromatic heterocycles. The third-order valence-electron chi connectivity index (χ3n) is 1.80. The van der Waals surface area contributed by atoms with Gasteiger partial charge in [0, 0.05) is 0 Å². The van der Waals surface area contributed by atoms with E-state index in [0.29, 0.717) is 0 Å². The van der Waals surface area contributed by atoms with E-state index in [-0.39, 0.29) is 0 Å². The van der Waals surface area contributed by atoms with E-state index >= 15 is 0 Å². The van der Waals surface area contributed by atoms with Gasteiger partial charge < -0.3 is 4.74 Å². The molecule has 0 atom stereocenters. The summed E-state index contributed by atoms with van der Waals surface area (Å²) in [5.41, 5.74) is 1.33. The normalized spacial score (nSPS) is 9.42. The monoisotopic (exact) mass is 162 g/mol. The number of hydrogen-bond acceptors (Lipinski definition) is 1. The lowest BCUT2D eigenvalue weighted by molar-refractivity contribution is 0.414. The molecule has 0 N–H and O–H groups in total. The molecule has 0 heterocycles. The van der Waals surface area contributed by atoms with Crippen molar-refractivity contribution in [3.63, 3.8) is 0 Å². The standard InChI is InChI=1S/C11H14O/c1-3-4-5-10-6-8-11(12-2)9-7-10/h3,6-9H,1,4-5H2,2H3. The number of ether oxygens (including phenoxy) is 1. The van der Waals surface area contributed by atoms with Gasteiger partial charge in [-0.15, -0.1) is 6.58 Å². The first-order valence-corrected chi connectivity index (χ1v) is 4.10. The highest BCUT2D eigenvalue weighted by atomic mass is 16.5. The summed E-state index contributed by atoms with van der Waals surface area (Å²) < 4.78 is 5.05. The second-order valence-corrected chi connectivity index (χ2v) is 2.68. The third kappa shape index (κ3) is 2.42. The highest BCUT2D eigenvalue weighted by molar-refractivity contribution is 5.27. The molecule has 1 aromatic rings. The summed E-state index contributed by atoms with van der Waals surface area (Å²) in [5, 5.41) is 0. The Bertz CT molecular complexity index is 236. The van der Waals surface area contributed by atoms with Crippen LogP contribution in [0.1, 0.15) is 12.0 Å². The van der Waals surface area contributed by atoms with Crippen LogP contribution < -0.4 is 4.74 Å². The minimum Gasteiger partial charge on any atom is -0.497 e. The zero-order chi connectivity index (χ0) is 8.81. The number of allylic oxidation sites excluding steroid dienone is 1. The van der Waals surface area contributed by atoms with Crippen molar-refractivity contribution >= 4 is 0 Å². The highest BCUT2D eigenvalue weighted by Crippen LogP contribution is 2.12. The van der Waals surface area contributed by atoms with Crippen LogP contribution >= 0.6 is 0 Å². The highest BCUT2D eigenvalue weighted by Gasteiger charge is 1.91. The lowest BCUT2D eigenvalue weighted by atomic mass is 10.1. The summed E-state index contributed by atoms with van der Waals surface area (Å²) in [6, 6.07) is 8.14. The van der Waals surface area contributed by atoms with Crippen molar-refractivity contribution < 1.29 is 4.74 Å². The maximum Gasteiger partial charge on any atom is 0.118 e. The molecule has 0 amide bonds. The van der Waals surface area contributed by atoms with Crippen molar-refractivity contribution in [3.05, 3.63) is 42.5 Å². The zero-order valence-electron chi connectivity index (χ0n) is 7.42. The lowest BCUT2D eigenvalue weighted by Gasteiger charge is -2.01. The van der Waals surface area contributed by atoms with Crippen LogP contribution in [-0.4, -0.2) is 7.11 Å². The average molecular weight is 162 g/mol. The smallest absolute Gasteiger partial charge is 0.118 e. The molecule has 1 heteroatoms. The van der Waals surface area contributed by atoms with Gasteiger partial charge in [0.25, 0.3) is 0 Å². The van der Waals surface area contributed by atoms with Gasteiger partial charge in [0.1, 0.15) is 5.75 Å². The average Bonchev–Trinajstić information content (AvgIpc) is 2.15. The number of rotatable bonds is 4. The molecule has 0 saturated heterocycles. The van der Waals surface area contributed by atoms with Gasteiger partial charge in [0.05, 0.1) is 7.11 Å². The summed E-state index contributed by atoms with van der Waals surface area (Å²) in [4.78, 5) is 0. The zero-order valence-corrected chi connectivity index (χ0v) is 7.42. The molecule has 1 nitrogen and oxygen atoms in total. The Hall–Kier alpha value is -1.24. The van der Waals surface area contributed by atoms with Gasteiger partial charge >= 0.3 is 0 Å². The van der Waals surface area contributed by atoms with E-state index in [1.807, 2.05) is 18.2 Å². The minimum atomic E-state index is 0.914. The van der Waals surface area contributed by atoms with Crippen LogP contribution in [-0.2, 0) is 6.42 Å². The van der Waals surface area contributed by atoms with Gasteiger partial charge in [-0.3, -0.25) is 0 Å². The van der Waals surface area contributed by atoms with Gasteiger partial charge in [-0.2, -0.15) is 0 Å². The number of benzene rings is 1. The SMILES string of the molecule is C=CCCc1ccc(OC)cc1. The van der Waals surface area contributed by atoms with E-state index in [9.17, 15) is 0 Å². The molecular formula is C11H14O. The molecule has 1 rings (SSSR count). The molecule has 0 unspecified atom stereocenters. The summed E-state index contributed by atoms with van der Waals surface area (Å²) in [7, 11) is 1.68. The molecule has 0 aliphatic rings. The van der Waals surface area contributed by atoms with Gasteiger partial charge in [-0.05, 0) is 30.5 Å². The Labute approximate surface area is 73.7 Å². The Morgan fingerprint density at radius 3 is 2.50 bits per heavy atom. The molecule has 1 aromatic carbocycles. The van der Waals surface area contributed by atoms with Crippen LogP contribution in [0.3, 0.4) is 0 Å². The minimum absolute atomic E-state index is 0.914. The number of methoxy groups -OCH3 is 1. The maximum atomic E-state index is 5.05. The molecule has 0 radical (unpaired) electrons. The topological polar surface area (TPSA) is 9.23 Å².